The standard InChI is InChI=1S/C10H9ClN4.C2H6/c11-9-10(15-12)14-8(6-13-9)7-4-2-1-3-5-7;1-2/h1-6H,12H2,(H,14,15);1-2H3. The van der Waals surface area contributed by atoms with Crippen molar-refractivity contribution in [2.45, 2.75) is 13.8 Å². The lowest BCUT2D eigenvalue weighted by Gasteiger charge is -2.04. The number of hydrogen-bond acceptors (Lipinski definition) is 4. The van der Waals surface area contributed by atoms with Gasteiger partial charge in [-0.2, -0.15) is 0 Å². The summed E-state index contributed by atoms with van der Waals surface area (Å²) >= 11 is 5.77. The fourth-order valence-electron chi connectivity index (χ4n) is 1.21. The summed E-state index contributed by atoms with van der Waals surface area (Å²) in [7, 11) is 0. The smallest absolute Gasteiger partial charge is 0.178 e. The maximum Gasteiger partial charge on any atom is 0.178 e. The molecule has 0 aliphatic heterocycles. The second-order valence-electron chi connectivity index (χ2n) is 2.91. The zero-order chi connectivity index (χ0) is 12.7. The quantitative estimate of drug-likeness (QED) is 0.635. The maximum atomic E-state index is 5.77. The highest BCUT2D eigenvalue weighted by Crippen LogP contribution is 2.21. The van der Waals surface area contributed by atoms with E-state index in [1.54, 1.807) is 6.20 Å². The van der Waals surface area contributed by atoms with E-state index in [1.807, 2.05) is 44.2 Å². The zero-order valence-electron chi connectivity index (χ0n) is 9.81. The lowest BCUT2D eigenvalue weighted by atomic mass is 10.2. The lowest BCUT2D eigenvalue weighted by Crippen LogP contribution is -2.10. The third-order valence-electron chi connectivity index (χ3n) is 1.93. The molecule has 0 saturated carbocycles. The molecule has 0 saturated heterocycles. The number of hydrogen-bond donors (Lipinski definition) is 2. The Morgan fingerprint density at radius 1 is 1.18 bits per heavy atom. The summed E-state index contributed by atoms with van der Waals surface area (Å²) in [6.07, 6.45) is 1.61. The Morgan fingerprint density at radius 2 is 1.82 bits per heavy atom. The molecule has 0 atom stereocenters. The fraction of sp³-hybridized carbons (Fsp3) is 0.167. The van der Waals surface area contributed by atoms with Gasteiger partial charge in [0.1, 0.15) is 0 Å². The number of hydrazine groups is 1. The summed E-state index contributed by atoms with van der Waals surface area (Å²) < 4.78 is 0. The first-order valence-electron chi connectivity index (χ1n) is 5.36. The second kappa shape index (κ2) is 6.83. The monoisotopic (exact) mass is 250 g/mol. The number of nitrogen functional groups attached to an aromatic ring is 1. The van der Waals surface area contributed by atoms with E-state index in [1.165, 1.54) is 0 Å². The average molecular weight is 251 g/mol. The van der Waals surface area contributed by atoms with E-state index in [-0.39, 0.29) is 5.15 Å². The van der Waals surface area contributed by atoms with Crippen LogP contribution in [0, 0.1) is 0 Å². The first kappa shape index (κ1) is 13.4. The molecule has 1 heterocycles. The van der Waals surface area contributed by atoms with E-state index in [0.29, 0.717) is 5.82 Å². The van der Waals surface area contributed by atoms with Gasteiger partial charge < -0.3 is 5.43 Å². The topological polar surface area (TPSA) is 63.8 Å². The molecule has 0 spiro atoms. The van der Waals surface area contributed by atoms with Crippen molar-refractivity contribution < 1.29 is 0 Å². The van der Waals surface area contributed by atoms with Gasteiger partial charge in [-0.25, -0.2) is 15.8 Å². The normalized spacial score (nSPS) is 9.18. The van der Waals surface area contributed by atoms with Crippen LogP contribution in [0.2, 0.25) is 5.15 Å². The molecule has 0 aliphatic carbocycles. The van der Waals surface area contributed by atoms with Crippen LogP contribution in [0.4, 0.5) is 5.82 Å². The van der Waals surface area contributed by atoms with Gasteiger partial charge in [0.25, 0.3) is 0 Å². The predicted molar refractivity (Wildman–Crippen MR) is 71.6 cm³/mol. The number of benzene rings is 1. The lowest BCUT2D eigenvalue weighted by molar-refractivity contribution is 1.16. The van der Waals surface area contributed by atoms with Crippen LogP contribution in [0.3, 0.4) is 0 Å². The summed E-state index contributed by atoms with van der Waals surface area (Å²) in [5.41, 5.74) is 4.10. The van der Waals surface area contributed by atoms with Gasteiger partial charge in [0.15, 0.2) is 11.0 Å². The number of nitrogens with two attached hydrogens (primary N) is 1. The highest BCUT2D eigenvalue weighted by atomic mass is 35.5. The Kier molecular flexibility index (Phi) is 5.39. The van der Waals surface area contributed by atoms with E-state index < -0.39 is 0 Å². The molecule has 90 valence electrons. The molecule has 0 unspecified atom stereocenters. The third-order valence-corrected chi connectivity index (χ3v) is 2.21. The summed E-state index contributed by atoms with van der Waals surface area (Å²) in [5, 5.41) is 0.261. The number of aromatic nitrogens is 2. The van der Waals surface area contributed by atoms with Crippen molar-refractivity contribution in [3.05, 3.63) is 41.7 Å². The largest absolute Gasteiger partial charge is 0.306 e. The van der Waals surface area contributed by atoms with Crippen molar-refractivity contribution in [1.82, 2.24) is 9.97 Å². The van der Waals surface area contributed by atoms with Crippen LogP contribution in [-0.2, 0) is 0 Å². The molecule has 0 fully saturated rings. The summed E-state index contributed by atoms with van der Waals surface area (Å²) in [5.74, 6) is 5.63. The molecule has 1 aromatic carbocycles. The second-order valence-corrected chi connectivity index (χ2v) is 3.26. The molecule has 0 radical (unpaired) electrons. The molecule has 2 aromatic rings. The Morgan fingerprint density at radius 3 is 2.41 bits per heavy atom. The Bertz CT molecular complexity index is 459. The van der Waals surface area contributed by atoms with Gasteiger partial charge in [0.2, 0.25) is 0 Å². The third kappa shape index (κ3) is 3.41. The molecular formula is C12H15ClN4. The number of halogens is 1. The van der Waals surface area contributed by atoms with Crippen molar-refractivity contribution in [2.75, 3.05) is 5.43 Å². The van der Waals surface area contributed by atoms with Gasteiger partial charge in [-0.3, -0.25) is 0 Å². The molecule has 0 bridgehead atoms. The first-order valence-corrected chi connectivity index (χ1v) is 5.73. The number of nitrogens with zero attached hydrogens (tertiary/aromatic N) is 2. The minimum absolute atomic E-state index is 0.261. The van der Waals surface area contributed by atoms with E-state index in [4.69, 9.17) is 17.4 Å². The Hall–Kier alpha value is -1.65. The van der Waals surface area contributed by atoms with Crippen LogP contribution in [0.15, 0.2) is 36.5 Å². The molecule has 2 rings (SSSR count). The first-order chi connectivity index (χ1) is 8.31. The summed E-state index contributed by atoms with van der Waals surface area (Å²) in [6.45, 7) is 4.00. The molecule has 1 aromatic heterocycles. The SMILES string of the molecule is CC.NNc1nc(-c2ccccc2)cnc1Cl. The highest BCUT2D eigenvalue weighted by Gasteiger charge is 2.04. The zero-order valence-corrected chi connectivity index (χ0v) is 10.6. The molecule has 0 aliphatic rings. The van der Waals surface area contributed by atoms with Crippen molar-refractivity contribution in [2.24, 2.45) is 5.84 Å². The number of rotatable bonds is 2. The highest BCUT2D eigenvalue weighted by molar-refractivity contribution is 6.31. The van der Waals surface area contributed by atoms with Crippen LogP contribution in [-0.4, -0.2) is 9.97 Å². The van der Waals surface area contributed by atoms with Crippen LogP contribution in [0.25, 0.3) is 11.3 Å². The van der Waals surface area contributed by atoms with E-state index >= 15 is 0 Å². The number of nitrogens with one attached hydrogen (secondary N) is 1. The van der Waals surface area contributed by atoms with Crippen molar-refractivity contribution in [1.29, 1.82) is 0 Å². The van der Waals surface area contributed by atoms with Gasteiger partial charge in [0.05, 0.1) is 11.9 Å². The summed E-state index contributed by atoms with van der Waals surface area (Å²) in [4.78, 5) is 8.22. The molecule has 3 N–H and O–H groups in total. The van der Waals surface area contributed by atoms with Gasteiger partial charge in [0, 0.05) is 5.56 Å². The van der Waals surface area contributed by atoms with Gasteiger partial charge >= 0.3 is 0 Å². The molecule has 4 nitrogen and oxygen atoms in total. The van der Waals surface area contributed by atoms with E-state index in [2.05, 4.69) is 15.4 Å². The van der Waals surface area contributed by atoms with E-state index in [0.717, 1.165) is 11.3 Å². The van der Waals surface area contributed by atoms with E-state index in [9.17, 15) is 0 Å². The van der Waals surface area contributed by atoms with Gasteiger partial charge in [-0.1, -0.05) is 55.8 Å². The predicted octanol–water partition coefficient (Wildman–Crippen LogP) is 3.11. The number of anilines is 1. The Balaban J connectivity index is 0.000000686. The minimum atomic E-state index is 0.261. The molecular weight excluding hydrogens is 236 g/mol. The summed E-state index contributed by atoms with van der Waals surface area (Å²) in [6, 6.07) is 9.69. The van der Waals surface area contributed by atoms with Crippen LogP contribution >= 0.6 is 11.6 Å². The Labute approximate surface area is 106 Å². The molecule has 0 amide bonds. The van der Waals surface area contributed by atoms with Crippen LogP contribution in [0.1, 0.15) is 13.8 Å². The fourth-order valence-corrected chi connectivity index (χ4v) is 1.36. The van der Waals surface area contributed by atoms with Crippen molar-refractivity contribution in [3.8, 4) is 11.3 Å². The maximum absolute atomic E-state index is 5.77. The van der Waals surface area contributed by atoms with Gasteiger partial charge in [-0.05, 0) is 0 Å². The van der Waals surface area contributed by atoms with Crippen molar-refractivity contribution in [3.63, 3.8) is 0 Å². The minimum Gasteiger partial charge on any atom is -0.306 e. The van der Waals surface area contributed by atoms with Crippen molar-refractivity contribution >= 4 is 17.4 Å². The van der Waals surface area contributed by atoms with Crippen LogP contribution < -0.4 is 11.3 Å². The average Bonchev–Trinajstić information content (AvgIpc) is 2.42. The molecule has 5 heteroatoms. The molecule has 17 heavy (non-hydrogen) atoms. The van der Waals surface area contributed by atoms with Gasteiger partial charge in [-0.15, -0.1) is 0 Å². The van der Waals surface area contributed by atoms with Crippen LogP contribution in [0.5, 0.6) is 0 Å².